The van der Waals surface area contributed by atoms with Gasteiger partial charge in [0.2, 0.25) is 0 Å². The Morgan fingerprint density at radius 3 is 2.12 bits per heavy atom. The Kier molecular flexibility index (Phi) is 5.46. The lowest BCUT2D eigenvalue weighted by atomic mass is 10.0. The number of hydrogen-bond acceptors (Lipinski definition) is 0. The maximum atomic E-state index is 14.6. The lowest BCUT2D eigenvalue weighted by Gasteiger charge is -2.08. The fourth-order valence-electron chi connectivity index (χ4n) is 3.11. The number of aryl methyl sites for hydroxylation is 2. The zero-order chi connectivity index (χ0) is 18.7. The third-order valence-electron chi connectivity index (χ3n) is 4.61. The van der Waals surface area contributed by atoms with E-state index in [9.17, 15) is 13.2 Å². The summed E-state index contributed by atoms with van der Waals surface area (Å²) in [5.74, 6) is -2.14. The highest BCUT2D eigenvalue weighted by molar-refractivity contribution is 5.90. The fraction of sp³-hybridized carbons (Fsp3) is 0.217. The van der Waals surface area contributed by atoms with Crippen molar-refractivity contribution in [1.82, 2.24) is 0 Å². The van der Waals surface area contributed by atoms with Crippen molar-refractivity contribution in [3.63, 3.8) is 0 Å². The van der Waals surface area contributed by atoms with Crippen LogP contribution >= 0.6 is 0 Å². The minimum absolute atomic E-state index is 0.108. The average Bonchev–Trinajstić information content (AvgIpc) is 2.68. The second kappa shape index (κ2) is 7.77. The summed E-state index contributed by atoms with van der Waals surface area (Å²) >= 11 is 0. The summed E-state index contributed by atoms with van der Waals surface area (Å²) < 4.78 is 43.6. The molecule has 0 nitrogen and oxygen atoms in total. The molecular formula is C23H21F3. The van der Waals surface area contributed by atoms with Crippen LogP contribution in [0.5, 0.6) is 0 Å². The van der Waals surface area contributed by atoms with Crippen LogP contribution in [-0.4, -0.2) is 0 Å². The first-order valence-electron chi connectivity index (χ1n) is 8.91. The van der Waals surface area contributed by atoms with Crippen molar-refractivity contribution < 1.29 is 13.2 Å². The highest BCUT2D eigenvalue weighted by Gasteiger charge is 2.13. The molecule has 0 atom stereocenters. The molecule has 0 bridgehead atoms. The van der Waals surface area contributed by atoms with Crippen LogP contribution in [0.3, 0.4) is 0 Å². The van der Waals surface area contributed by atoms with E-state index in [1.54, 1.807) is 24.3 Å². The van der Waals surface area contributed by atoms with Gasteiger partial charge < -0.3 is 0 Å². The van der Waals surface area contributed by atoms with Crippen molar-refractivity contribution in [3.8, 4) is 0 Å². The highest BCUT2D eigenvalue weighted by atomic mass is 19.2. The average molecular weight is 354 g/mol. The standard InChI is InChI=1S/C23H21F3/c1-3-5-15-6-8-17(9-7-15)22(25)23(26)19-12-13-20-18(14-19)11-10-16(4-2)21(20)24/h6-14H,3-5H2,1-2H3. The maximum absolute atomic E-state index is 14.6. The van der Waals surface area contributed by atoms with Gasteiger partial charge in [-0.05, 0) is 35.4 Å². The SMILES string of the molecule is CCCc1ccc(C(F)=C(F)c2ccc3c(F)c(CC)ccc3c2)cc1. The summed E-state index contributed by atoms with van der Waals surface area (Å²) in [5.41, 5.74) is 2.02. The number of halogens is 3. The van der Waals surface area contributed by atoms with E-state index >= 15 is 0 Å². The topological polar surface area (TPSA) is 0 Å². The van der Waals surface area contributed by atoms with Gasteiger partial charge in [-0.25, -0.2) is 13.2 Å². The molecule has 0 aliphatic heterocycles. The molecule has 0 fully saturated rings. The number of fused-ring (bicyclic) bond motifs is 1. The molecule has 0 unspecified atom stereocenters. The normalized spacial score (nSPS) is 12.3. The molecule has 0 N–H and O–H groups in total. The monoisotopic (exact) mass is 354 g/mol. The Balaban J connectivity index is 1.99. The van der Waals surface area contributed by atoms with Crippen LogP contribution in [-0.2, 0) is 12.8 Å². The Hall–Kier alpha value is -2.55. The second-order valence-electron chi connectivity index (χ2n) is 6.40. The van der Waals surface area contributed by atoms with Crippen LogP contribution in [0, 0.1) is 5.82 Å². The molecule has 0 spiro atoms. The van der Waals surface area contributed by atoms with E-state index in [2.05, 4.69) is 6.92 Å². The third-order valence-corrected chi connectivity index (χ3v) is 4.61. The summed E-state index contributed by atoms with van der Waals surface area (Å²) in [4.78, 5) is 0. The highest BCUT2D eigenvalue weighted by Crippen LogP contribution is 2.32. The second-order valence-corrected chi connectivity index (χ2v) is 6.40. The Morgan fingerprint density at radius 2 is 1.46 bits per heavy atom. The van der Waals surface area contributed by atoms with E-state index in [0.717, 1.165) is 18.4 Å². The molecule has 0 aliphatic carbocycles. The van der Waals surface area contributed by atoms with Crippen LogP contribution in [0.25, 0.3) is 22.4 Å². The molecule has 3 rings (SSSR count). The van der Waals surface area contributed by atoms with Crippen molar-refractivity contribution >= 4 is 22.4 Å². The van der Waals surface area contributed by atoms with Gasteiger partial charge in [0.25, 0.3) is 0 Å². The lowest BCUT2D eigenvalue weighted by molar-refractivity contribution is 0.624. The number of benzene rings is 3. The van der Waals surface area contributed by atoms with E-state index in [1.807, 2.05) is 19.1 Å². The summed E-state index contributed by atoms with van der Waals surface area (Å²) in [6.45, 7) is 3.95. The summed E-state index contributed by atoms with van der Waals surface area (Å²) in [6, 6.07) is 14.7. The molecule has 0 radical (unpaired) electrons. The first kappa shape index (κ1) is 18.2. The third kappa shape index (κ3) is 3.52. The number of rotatable bonds is 5. The van der Waals surface area contributed by atoms with Gasteiger partial charge in [-0.1, -0.05) is 68.8 Å². The van der Waals surface area contributed by atoms with Crippen LogP contribution in [0.15, 0.2) is 54.6 Å². The molecule has 0 aliphatic rings. The molecule has 3 aromatic rings. The zero-order valence-electron chi connectivity index (χ0n) is 15.0. The minimum atomic E-state index is -0.935. The van der Waals surface area contributed by atoms with E-state index < -0.39 is 11.7 Å². The van der Waals surface area contributed by atoms with Gasteiger partial charge in [-0.3, -0.25) is 0 Å². The summed E-state index contributed by atoms with van der Waals surface area (Å²) in [6.07, 6.45) is 2.49. The van der Waals surface area contributed by atoms with Crippen molar-refractivity contribution in [2.24, 2.45) is 0 Å². The predicted molar refractivity (Wildman–Crippen MR) is 103 cm³/mol. The predicted octanol–water partition coefficient (Wildman–Crippen LogP) is 7.26. The zero-order valence-corrected chi connectivity index (χ0v) is 15.0. The van der Waals surface area contributed by atoms with Crippen LogP contribution in [0.2, 0.25) is 0 Å². The Labute approximate surface area is 152 Å². The molecule has 26 heavy (non-hydrogen) atoms. The van der Waals surface area contributed by atoms with E-state index in [4.69, 9.17) is 0 Å². The molecule has 0 saturated heterocycles. The molecule has 3 heteroatoms. The van der Waals surface area contributed by atoms with Crippen molar-refractivity contribution in [2.45, 2.75) is 33.1 Å². The molecular weight excluding hydrogens is 333 g/mol. The minimum Gasteiger partial charge on any atom is -0.206 e. The molecule has 0 amide bonds. The van der Waals surface area contributed by atoms with E-state index in [-0.39, 0.29) is 16.9 Å². The van der Waals surface area contributed by atoms with Crippen LogP contribution in [0.4, 0.5) is 13.2 Å². The first-order chi connectivity index (χ1) is 12.5. The van der Waals surface area contributed by atoms with Crippen molar-refractivity contribution in [3.05, 3.63) is 82.7 Å². The lowest BCUT2D eigenvalue weighted by Crippen LogP contribution is -1.91. The van der Waals surface area contributed by atoms with Crippen LogP contribution < -0.4 is 0 Å². The molecule has 134 valence electrons. The summed E-state index contributed by atoms with van der Waals surface area (Å²) in [7, 11) is 0. The first-order valence-corrected chi connectivity index (χ1v) is 8.91. The maximum Gasteiger partial charge on any atom is 0.166 e. The van der Waals surface area contributed by atoms with E-state index in [0.29, 0.717) is 22.8 Å². The van der Waals surface area contributed by atoms with Gasteiger partial charge in [0.15, 0.2) is 11.7 Å². The van der Waals surface area contributed by atoms with E-state index in [1.165, 1.54) is 18.2 Å². The van der Waals surface area contributed by atoms with Crippen molar-refractivity contribution in [1.29, 1.82) is 0 Å². The largest absolute Gasteiger partial charge is 0.206 e. The molecule has 0 saturated carbocycles. The van der Waals surface area contributed by atoms with Gasteiger partial charge >= 0.3 is 0 Å². The van der Waals surface area contributed by atoms with Crippen LogP contribution in [0.1, 0.15) is 42.5 Å². The van der Waals surface area contributed by atoms with Gasteiger partial charge in [-0.2, -0.15) is 0 Å². The van der Waals surface area contributed by atoms with Gasteiger partial charge in [0.05, 0.1) is 0 Å². The quantitative estimate of drug-likeness (QED) is 0.423. The van der Waals surface area contributed by atoms with Gasteiger partial charge in [0, 0.05) is 16.5 Å². The smallest absolute Gasteiger partial charge is 0.166 e. The van der Waals surface area contributed by atoms with Crippen molar-refractivity contribution in [2.75, 3.05) is 0 Å². The van der Waals surface area contributed by atoms with Gasteiger partial charge in [0.1, 0.15) is 5.82 Å². The van der Waals surface area contributed by atoms with Gasteiger partial charge in [-0.15, -0.1) is 0 Å². The fourth-order valence-corrected chi connectivity index (χ4v) is 3.11. The Morgan fingerprint density at radius 1 is 0.808 bits per heavy atom. The number of hydrogen-bond donors (Lipinski definition) is 0. The Bertz CT molecular complexity index is 953. The summed E-state index contributed by atoms with van der Waals surface area (Å²) in [5, 5.41) is 0.976. The molecule has 0 heterocycles. The molecule has 3 aromatic carbocycles. The molecule has 0 aromatic heterocycles.